The summed E-state index contributed by atoms with van der Waals surface area (Å²) in [6.45, 7) is 4.47. The topological polar surface area (TPSA) is 30.3 Å². The van der Waals surface area contributed by atoms with Crippen molar-refractivity contribution in [2.45, 2.75) is 25.0 Å². The molecule has 0 saturated carbocycles. The largest absolute Gasteiger partial charge is 0.454 e. The van der Waals surface area contributed by atoms with Crippen LogP contribution in [0.1, 0.15) is 12.8 Å². The van der Waals surface area contributed by atoms with E-state index in [9.17, 15) is 0 Å². The van der Waals surface area contributed by atoms with Gasteiger partial charge in [0.05, 0.1) is 6.54 Å². The van der Waals surface area contributed by atoms with E-state index in [-0.39, 0.29) is 5.60 Å². The molecular weight excluding hydrogens is 350 g/mol. The minimum absolute atomic E-state index is 0.0119. The molecule has 4 aliphatic rings. The second-order valence-corrected chi connectivity index (χ2v) is 6.78. The van der Waals surface area contributed by atoms with Crippen molar-refractivity contribution >= 4 is 31.9 Å². The van der Waals surface area contributed by atoms with Crippen LogP contribution in [0.4, 0.5) is 0 Å². The van der Waals surface area contributed by atoms with Gasteiger partial charge in [0.25, 0.3) is 6.01 Å². The Balaban J connectivity index is 1.71. The summed E-state index contributed by atoms with van der Waals surface area (Å²) in [5, 5.41) is 0. The standard InChI is InChI=1S/C11H13Br2N3O/c12-8-9(13)16-6-11(17-10(16)14-8)5-15-3-1-7(11)2-4-15/h7H,1-6H2. The monoisotopic (exact) mass is 361 g/mol. The van der Waals surface area contributed by atoms with E-state index in [1.165, 1.54) is 25.9 Å². The number of piperidine rings is 3. The molecule has 6 heteroatoms. The maximum Gasteiger partial charge on any atom is 0.299 e. The van der Waals surface area contributed by atoms with Gasteiger partial charge in [-0.2, -0.15) is 4.98 Å². The van der Waals surface area contributed by atoms with E-state index >= 15 is 0 Å². The highest BCUT2D eigenvalue weighted by Crippen LogP contribution is 2.45. The molecule has 1 atom stereocenters. The summed E-state index contributed by atoms with van der Waals surface area (Å²) in [5.41, 5.74) is -0.0119. The number of halogens is 2. The van der Waals surface area contributed by atoms with Gasteiger partial charge in [0.15, 0.2) is 0 Å². The molecule has 3 saturated heterocycles. The van der Waals surface area contributed by atoms with Gasteiger partial charge < -0.3 is 4.74 Å². The van der Waals surface area contributed by atoms with Crippen molar-refractivity contribution < 1.29 is 4.74 Å². The molecule has 92 valence electrons. The van der Waals surface area contributed by atoms with Crippen LogP contribution in [0.15, 0.2) is 9.21 Å². The first-order chi connectivity index (χ1) is 8.18. The Morgan fingerprint density at radius 3 is 2.59 bits per heavy atom. The van der Waals surface area contributed by atoms with Crippen LogP contribution in [-0.2, 0) is 6.54 Å². The molecule has 5 rings (SSSR count). The van der Waals surface area contributed by atoms with Gasteiger partial charge in [-0.15, -0.1) is 0 Å². The zero-order chi connectivity index (χ0) is 11.6. The fraction of sp³-hybridized carbons (Fsp3) is 0.727. The van der Waals surface area contributed by atoms with Crippen molar-refractivity contribution in [1.82, 2.24) is 14.5 Å². The lowest BCUT2D eigenvalue weighted by Gasteiger charge is -2.50. The second kappa shape index (κ2) is 3.48. The Morgan fingerprint density at radius 2 is 2.00 bits per heavy atom. The Hall–Kier alpha value is -0.0700. The molecule has 17 heavy (non-hydrogen) atoms. The van der Waals surface area contributed by atoms with Crippen LogP contribution in [0.3, 0.4) is 0 Å². The maximum absolute atomic E-state index is 6.22. The minimum atomic E-state index is -0.0119. The quantitative estimate of drug-likeness (QED) is 0.709. The van der Waals surface area contributed by atoms with Crippen LogP contribution in [0.5, 0.6) is 6.01 Å². The fourth-order valence-corrected chi connectivity index (χ4v) is 4.23. The summed E-state index contributed by atoms with van der Waals surface area (Å²) in [7, 11) is 0. The molecule has 3 fully saturated rings. The molecule has 2 bridgehead atoms. The number of rotatable bonds is 0. The Bertz CT molecular complexity index is 481. The molecule has 4 aliphatic heterocycles. The predicted molar refractivity (Wildman–Crippen MR) is 70.2 cm³/mol. The minimum Gasteiger partial charge on any atom is -0.454 e. The highest BCUT2D eigenvalue weighted by atomic mass is 79.9. The van der Waals surface area contributed by atoms with Crippen LogP contribution < -0.4 is 4.74 Å². The molecule has 5 heterocycles. The van der Waals surface area contributed by atoms with E-state index in [0.29, 0.717) is 5.92 Å². The molecular formula is C11H13Br2N3O. The van der Waals surface area contributed by atoms with Crippen LogP contribution in [-0.4, -0.2) is 39.7 Å². The van der Waals surface area contributed by atoms with Crippen LogP contribution in [0.2, 0.25) is 0 Å². The molecule has 0 aliphatic carbocycles. The Morgan fingerprint density at radius 1 is 1.24 bits per heavy atom. The number of ether oxygens (including phenoxy) is 1. The van der Waals surface area contributed by atoms with E-state index in [4.69, 9.17) is 4.74 Å². The normalized spacial score (nSPS) is 38.5. The molecule has 1 unspecified atom stereocenters. The molecule has 0 aromatic carbocycles. The Labute approximate surface area is 117 Å². The lowest BCUT2D eigenvalue weighted by molar-refractivity contribution is -0.0836. The van der Waals surface area contributed by atoms with Gasteiger partial charge in [0.1, 0.15) is 14.8 Å². The lowest BCUT2D eigenvalue weighted by atomic mass is 9.75. The lowest BCUT2D eigenvalue weighted by Crippen LogP contribution is -2.61. The zero-order valence-corrected chi connectivity index (χ0v) is 12.5. The summed E-state index contributed by atoms with van der Waals surface area (Å²) in [6.07, 6.45) is 2.53. The second-order valence-electron chi connectivity index (χ2n) is 5.28. The van der Waals surface area contributed by atoms with Gasteiger partial charge in [-0.05, 0) is 57.8 Å². The van der Waals surface area contributed by atoms with Crippen molar-refractivity contribution in [1.29, 1.82) is 0 Å². The number of hydrogen-bond acceptors (Lipinski definition) is 3. The van der Waals surface area contributed by atoms with Gasteiger partial charge >= 0.3 is 0 Å². The highest BCUT2D eigenvalue weighted by molar-refractivity contribution is 9.13. The van der Waals surface area contributed by atoms with E-state index in [1.54, 1.807) is 0 Å². The van der Waals surface area contributed by atoms with Crippen molar-refractivity contribution in [3.05, 3.63) is 9.21 Å². The highest BCUT2D eigenvalue weighted by Gasteiger charge is 2.53. The maximum atomic E-state index is 6.22. The summed E-state index contributed by atoms with van der Waals surface area (Å²) in [4.78, 5) is 6.94. The van der Waals surface area contributed by atoms with Crippen molar-refractivity contribution in [2.24, 2.45) is 5.92 Å². The van der Waals surface area contributed by atoms with Gasteiger partial charge in [0.2, 0.25) is 0 Å². The summed E-state index contributed by atoms with van der Waals surface area (Å²) < 4.78 is 10.2. The number of imidazole rings is 1. The molecule has 0 N–H and O–H groups in total. The number of fused-ring (bicyclic) bond motifs is 3. The summed E-state index contributed by atoms with van der Waals surface area (Å²) >= 11 is 6.99. The average molecular weight is 363 g/mol. The van der Waals surface area contributed by atoms with Crippen LogP contribution in [0, 0.1) is 5.92 Å². The van der Waals surface area contributed by atoms with Gasteiger partial charge in [0, 0.05) is 12.5 Å². The fourth-order valence-electron chi connectivity index (χ4n) is 3.50. The van der Waals surface area contributed by atoms with Crippen molar-refractivity contribution in [3.8, 4) is 6.01 Å². The zero-order valence-electron chi connectivity index (χ0n) is 9.33. The Kier molecular flexibility index (Phi) is 2.22. The summed E-state index contributed by atoms with van der Waals surface area (Å²) in [6, 6.07) is 0.762. The molecule has 4 nitrogen and oxygen atoms in total. The molecule has 1 aromatic heterocycles. The first kappa shape index (κ1) is 10.8. The SMILES string of the molecule is Brc1nc2n(c1Br)CC1(CN3CCC1CC3)O2. The average Bonchev–Trinajstić information content (AvgIpc) is 2.79. The van der Waals surface area contributed by atoms with E-state index in [2.05, 4.69) is 46.3 Å². The number of nitrogens with zero attached hydrogens (tertiary/aromatic N) is 3. The third-order valence-corrected chi connectivity index (χ3v) is 6.26. The third-order valence-electron chi connectivity index (χ3n) is 4.38. The molecule has 1 aromatic rings. The number of aromatic nitrogens is 2. The summed E-state index contributed by atoms with van der Waals surface area (Å²) in [5.74, 6) is 0.694. The van der Waals surface area contributed by atoms with Crippen molar-refractivity contribution in [2.75, 3.05) is 19.6 Å². The third kappa shape index (κ3) is 1.40. The number of hydrogen-bond donors (Lipinski definition) is 0. The van der Waals surface area contributed by atoms with E-state index in [0.717, 1.165) is 28.3 Å². The van der Waals surface area contributed by atoms with E-state index < -0.39 is 0 Å². The molecule has 0 amide bonds. The van der Waals surface area contributed by atoms with Crippen molar-refractivity contribution in [3.63, 3.8) is 0 Å². The predicted octanol–water partition coefficient (Wildman–Crippen LogP) is 2.26. The van der Waals surface area contributed by atoms with E-state index in [1.807, 2.05) is 0 Å². The molecule has 1 spiro atoms. The smallest absolute Gasteiger partial charge is 0.299 e. The van der Waals surface area contributed by atoms with Gasteiger partial charge in [-0.25, -0.2) is 0 Å². The van der Waals surface area contributed by atoms with Gasteiger partial charge in [-0.3, -0.25) is 9.47 Å². The van der Waals surface area contributed by atoms with Crippen LogP contribution in [0.25, 0.3) is 0 Å². The van der Waals surface area contributed by atoms with Crippen LogP contribution >= 0.6 is 31.9 Å². The van der Waals surface area contributed by atoms with Gasteiger partial charge in [-0.1, -0.05) is 0 Å². The first-order valence-electron chi connectivity index (χ1n) is 6.01. The molecule has 0 radical (unpaired) electrons. The first-order valence-corrected chi connectivity index (χ1v) is 7.59.